The lowest BCUT2D eigenvalue weighted by Gasteiger charge is -2.23. The minimum atomic E-state index is -0.105. The molecule has 0 bridgehead atoms. The molecule has 7 heteroatoms. The van der Waals surface area contributed by atoms with Crippen molar-refractivity contribution in [3.63, 3.8) is 0 Å². The van der Waals surface area contributed by atoms with E-state index in [1.165, 1.54) is 0 Å². The largest absolute Gasteiger partial charge is 0.493 e. The van der Waals surface area contributed by atoms with Crippen LogP contribution in [0.3, 0.4) is 0 Å². The molecule has 2 aromatic rings. The van der Waals surface area contributed by atoms with Gasteiger partial charge in [0, 0.05) is 31.3 Å². The van der Waals surface area contributed by atoms with E-state index < -0.39 is 0 Å². The summed E-state index contributed by atoms with van der Waals surface area (Å²) in [5.74, 6) is 1.31. The molecule has 0 aliphatic carbocycles. The molecule has 30 heavy (non-hydrogen) atoms. The van der Waals surface area contributed by atoms with E-state index >= 15 is 0 Å². The first-order valence-corrected chi connectivity index (χ1v) is 10.0. The number of likely N-dealkylation sites (N-methyl/N-ethyl adjacent to an activating group) is 2. The smallest absolute Gasteiger partial charge is 0.278 e. The first-order chi connectivity index (χ1) is 14.4. The molecule has 0 radical (unpaired) electrons. The van der Waals surface area contributed by atoms with Crippen LogP contribution in [0.4, 0.5) is 0 Å². The summed E-state index contributed by atoms with van der Waals surface area (Å²) in [6.45, 7) is 4.21. The normalized spacial score (nSPS) is 11.5. The Morgan fingerprint density at radius 1 is 1.00 bits per heavy atom. The van der Waals surface area contributed by atoms with Crippen LogP contribution in [0.1, 0.15) is 28.4 Å². The molecule has 1 atom stereocenters. The highest BCUT2D eigenvalue weighted by Crippen LogP contribution is 2.28. The van der Waals surface area contributed by atoms with Crippen LogP contribution < -0.4 is 19.7 Å². The summed E-state index contributed by atoms with van der Waals surface area (Å²) in [6.07, 6.45) is 0. The number of benzene rings is 2. The summed E-state index contributed by atoms with van der Waals surface area (Å²) in [4.78, 5) is 27.4. The molecule has 0 saturated heterocycles. The molecule has 0 spiro atoms. The van der Waals surface area contributed by atoms with E-state index in [2.05, 4.69) is 5.32 Å². The maximum absolute atomic E-state index is 12.8. The lowest BCUT2D eigenvalue weighted by Crippen LogP contribution is -3.08. The number of rotatable bonds is 10. The van der Waals surface area contributed by atoms with Gasteiger partial charge in [0.05, 0.1) is 21.3 Å². The lowest BCUT2D eigenvalue weighted by molar-refractivity contribution is -0.885. The van der Waals surface area contributed by atoms with Gasteiger partial charge in [0.2, 0.25) is 0 Å². The summed E-state index contributed by atoms with van der Waals surface area (Å²) >= 11 is 0. The molecular formula is C23H32N3O4+. The zero-order valence-electron chi connectivity index (χ0n) is 18.5. The summed E-state index contributed by atoms with van der Waals surface area (Å²) in [5, 5.41) is 2.61. The van der Waals surface area contributed by atoms with Crippen LogP contribution in [0.5, 0.6) is 11.5 Å². The highest BCUT2D eigenvalue weighted by molar-refractivity contribution is 5.93. The fraction of sp³-hybridized carbons (Fsp3) is 0.391. The Labute approximate surface area is 178 Å². The maximum Gasteiger partial charge on any atom is 0.278 e. The number of nitrogens with zero attached hydrogens (tertiary/aromatic N) is 1. The minimum absolute atomic E-state index is 0.0896. The fourth-order valence-corrected chi connectivity index (χ4v) is 3.27. The number of carbonyl (C=O) groups excluding carboxylic acids is 2. The Morgan fingerprint density at radius 3 is 2.20 bits per heavy atom. The molecular weight excluding hydrogens is 382 g/mol. The van der Waals surface area contributed by atoms with E-state index in [1.54, 1.807) is 33.4 Å². The third-order valence-corrected chi connectivity index (χ3v) is 4.96. The molecule has 0 aromatic heterocycles. The first-order valence-electron chi connectivity index (χ1n) is 10.0. The van der Waals surface area contributed by atoms with Gasteiger partial charge in [-0.3, -0.25) is 9.59 Å². The van der Waals surface area contributed by atoms with Gasteiger partial charge in [-0.25, -0.2) is 0 Å². The number of methoxy groups -OCH3 is 2. The Hall–Kier alpha value is -3.06. The molecule has 0 heterocycles. The second-order valence-electron chi connectivity index (χ2n) is 7.18. The van der Waals surface area contributed by atoms with Crippen LogP contribution in [0, 0.1) is 0 Å². The van der Waals surface area contributed by atoms with Gasteiger partial charge in [0.1, 0.15) is 6.54 Å². The SMILES string of the molecule is CCN(Cc1ccc(OC)c(OC)c1)C(=O)C[NH+](C)Cc1ccc(C(=O)NC)cc1. The summed E-state index contributed by atoms with van der Waals surface area (Å²) in [7, 11) is 6.81. The van der Waals surface area contributed by atoms with E-state index in [9.17, 15) is 9.59 Å². The predicted octanol–water partition coefficient (Wildman–Crippen LogP) is 1.13. The highest BCUT2D eigenvalue weighted by atomic mass is 16.5. The zero-order chi connectivity index (χ0) is 22.1. The van der Waals surface area contributed by atoms with Crippen molar-refractivity contribution >= 4 is 11.8 Å². The molecule has 162 valence electrons. The average molecular weight is 415 g/mol. The van der Waals surface area contributed by atoms with Gasteiger partial charge in [0.15, 0.2) is 18.0 Å². The molecule has 1 unspecified atom stereocenters. The van der Waals surface area contributed by atoms with Crippen LogP contribution >= 0.6 is 0 Å². The number of hydrogen-bond acceptors (Lipinski definition) is 4. The average Bonchev–Trinajstić information content (AvgIpc) is 2.76. The zero-order valence-corrected chi connectivity index (χ0v) is 18.5. The summed E-state index contributed by atoms with van der Waals surface area (Å²) < 4.78 is 10.6. The van der Waals surface area contributed by atoms with Crippen molar-refractivity contribution in [2.24, 2.45) is 0 Å². The Morgan fingerprint density at radius 2 is 1.63 bits per heavy atom. The number of amides is 2. The second kappa shape index (κ2) is 11.2. The standard InChI is InChI=1S/C23H31N3O4/c1-6-26(15-18-9-12-20(29-4)21(13-18)30-5)22(27)16-25(3)14-17-7-10-19(11-8-17)23(28)24-2/h7-13H,6,14-16H2,1-5H3,(H,24,28)/p+1. The van der Waals surface area contributed by atoms with Gasteiger partial charge in [-0.1, -0.05) is 18.2 Å². The Bertz CT molecular complexity index is 852. The van der Waals surface area contributed by atoms with Gasteiger partial charge in [-0.15, -0.1) is 0 Å². The van der Waals surface area contributed by atoms with Crippen LogP contribution in [0.15, 0.2) is 42.5 Å². The molecule has 7 nitrogen and oxygen atoms in total. The second-order valence-corrected chi connectivity index (χ2v) is 7.18. The third-order valence-electron chi connectivity index (χ3n) is 4.96. The fourth-order valence-electron chi connectivity index (χ4n) is 3.27. The Balaban J connectivity index is 1.96. The number of carbonyl (C=O) groups is 2. The van der Waals surface area contributed by atoms with Gasteiger partial charge in [0.25, 0.3) is 11.8 Å². The quantitative estimate of drug-likeness (QED) is 0.611. The topological polar surface area (TPSA) is 72.3 Å². The van der Waals surface area contributed by atoms with Crippen molar-refractivity contribution in [2.45, 2.75) is 20.0 Å². The van der Waals surface area contributed by atoms with Crippen LogP contribution in [0.25, 0.3) is 0 Å². The number of nitrogens with one attached hydrogen (secondary N) is 2. The van der Waals surface area contributed by atoms with E-state index in [0.29, 0.717) is 43.2 Å². The number of hydrogen-bond donors (Lipinski definition) is 2. The molecule has 0 aliphatic rings. The van der Waals surface area contributed by atoms with Crippen LogP contribution in [-0.2, 0) is 17.9 Å². The van der Waals surface area contributed by atoms with Crippen molar-refractivity contribution in [1.29, 1.82) is 0 Å². The van der Waals surface area contributed by atoms with Crippen molar-refractivity contribution in [2.75, 3.05) is 41.4 Å². The molecule has 2 aromatic carbocycles. The van der Waals surface area contributed by atoms with E-state index in [1.807, 2.05) is 49.2 Å². The van der Waals surface area contributed by atoms with Crippen molar-refractivity contribution in [1.82, 2.24) is 10.2 Å². The predicted molar refractivity (Wildman–Crippen MR) is 116 cm³/mol. The van der Waals surface area contributed by atoms with Crippen LogP contribution in [0.2, 0.25) is 0 Å². The number of ether oxygens (including phenoxy) is 2. The van der Waals surface area contributed by atoms with E-state index in [-0.39, 0.29) is 11.8 Å². The van der Waals surface area contributed by atoms with Crippen molar-refractivity contribution in [3.05, 3.63) is 59.2 Å². The highest BCUT2D eigenvalue weighted by Gasteiger charge is 2.18. The van der Waals surface area contributed by atoms with Gasteiger partial charge < -0.3 is 24.6 Å². The van der Waals surface area contributed by atoms with Gasteiger partial charge in [-0.05, 0) is 36.8 Å². The monoisotopic (exact) mass is 414 g/mol. The van der Waals surface area contributed by atoms with E-state index in [0.717, 1.165) is 16.0 Å². The molecule has 2 rings (SSSR count). The number of quaternary nitrogens is 1. The molecule has 0 aliphatic heterocycles. The lowest BCUT2D eigenvalue weighted by atomic mass is 10.1. The van der Waals surface area contributed by atoms with Gasteiger partial charge in [-0.2, -0.15) is 0 Å². The van der Waals surface area contributed by atoms with Crippen LogP contribution in [-0.4, -0.2) is 58.1 Å². The van der Waals surface area contributed by atoms with E-state index in [4.69, 9.17) is 9.47 Å². The summed E-state index contributed by atoms with van der Waals surface area (Å²) in [5.41, 5.74) is 2.70. The Kier molecular flexibility index (Phi) is 8.68. The molecule has 2 amide bonds. The first kappa shape index (κ1) is 23.2. The van der Waals surface area contributed by atoms with Gasteiger partial charge >= 0.3 is 0 Å². The maximum atomic E-state index is 12.8. The molecule has 2 N–H and O–H groups in total. The summed E-state index contributed by atoms with van der Waals surface area (Å²) in [6, 6.07) is 13.2. The molecule has 0 saturated carbocycles. The third kappa shape index (κ3) is 6.22. The van der Waals surface area contributed by atoms with Crippen molar-refractivity contribution in [3.8, 4) is 11.5 Å². The molecule has 0 fully saturated rings. The van der Waals surface area contributed by atoms with Crippen molar-refractivity contribution < 1.29 is 24.0 Å². The minimum Gasteiger partial charge on any atom is -0.493 e.